The highest BCUT2D eigenvalue weighted by atomic mass is 32.2. The number of nitrogens with zero attached hydrogens (tertiary/aromatic N) is 3. The molecule has 2 aromatic rings. The van der Waals surface area contributed by atoms with Crippen LogP contribution in [0.2, 0.25) is 0 Å². The number of hydrogen-bond acceptors (Lipinski definition) is 4. The number of hydrogen-bond donors (Lipinski definition) is 1. The normalized spacial score (nSPS) is 17.8. The van der Waals surface area contributed by atoms with Gasteiger partial charge in [-0.05, 0) is 17.7 Å². The van der Waals surface area contributed by atoms with E-state index in [9.17, 15) is 18.3 Å². The van der Waals surface area contributed by atoms with Crippen molar-refractivity contribution >= 4 is 21.7 Å². The van der Waals surface area contributed by atoms with Crippen LogP contribution in [0.1, 0.15) is 5.56 Å². The molecule has 8 heteroatoms. The Hall–Kier alpha value is -2.35. The van der Waals surface area contributed by atoms with Gasteiger partial charge in [-0.2, -0.15) is 13.5 Å². The van der Waals surface area contributed by atoms with Crippen molar-refractivity contribution in [1.82, 2.24) is 9.78 Å². The molecule has 1 aliphatic rings. The highest BCUT2D eigenvalue weighted by Gasteiger charge is 2.43. The summed E-state index contributed by atoms with van der Waals surface area (Å²) < 4.78 is 27.7. The number of carboxylic acids is 1. The largest absolute Gasteiger partial charge is 0.480 e. The van der Waals surface area contributed by atoms with E-state index in [4.69, 9.17) is 0 Å². The van der Waals surface area contributed by atoms with Gasteiger partial charge in [0.25, 0.3) is 10.0 Å². The molecule has 1 unspecified atom stereocenters. The summed E-state index contributed by atoms with van der Waals surface area (Å²) in [4.78, 5) is 11.4. The number of para-hydroxylation sites is 1. The number of fused-ring (bicyclic) bond motifs is 1. The summed E-state index contributed by atoms with van der Waals surface area (Å²) in [5.74, 6) is -1.18. The highest BCUT2D eigenvalue weighted by molar-refractivity contribution is 7.92. The van der Waals surface area contributed by atoms with Gasteiger partial charge in [0.1, 0.15) is 6.04 Å². The van der Waals surface area contributed by atoms with Gasteiger partial charge in [0.15, 0.2) is 5.03 Å². The summed E-state index contributed by atoms with van der Waals surface area (Å²) in [7, 11) is -2.40. The summed E-state index contributed by atoms with van der Waals surface area (Å²) in [5.41, 5.74) is 1.10. The number of aromatic nitrogens is 2. The quantitative estimate of drug-likeness (QED) is 0.897. The van der Waals surface area contributed by atoms with Crippen LogP contribution in [0.5, 0.6) is 0 Å². The SMILES string of the molecule is Cn1ccc(S(=O)(=O)N2c3ccccc3CC2C(=O)O)n1. The molecule has 3 rings (SSSR count). The molecule has 2 heterocycles. The van der Waals surface area contributed by atoms with Crippen LogP contribution in [0.25, 0.3) is 0 Å². The van der Waals surface area contributed by atoms with E-state index in [1.165, 1.54) is 16.9 Å². The predicted molar refractivity (Wildman–Crippen MR) is 74.4 cm³/mol. The summed E-state index contributed by atoms with van der Waals surface area (Å²) >= 11 is 0. The Labute approximate surface area is 121 Å². The second-order valence-electron chi connectivity index (χ2n) is 4.82. The Kier molecular flexibility index (Phi) is 2.98. The van der Waals surface area contributed by atoms with Crippen LogP contribution in [-0.4, -0.2) is 35.3 Å². The molecule has 0 bridgehead atoms. The molecular formula is C13H13N3O4S. The molecule has 0 saturated carbocycles. The topological polar surface area (TPSA) is 92.5 Å². The minimum atomic E-state index is -4.00. The molecule has 0 amide bonds. The van der Waals surface area contributed by atoms with Crippen molar-refractivity contribution in [1.29, 1.82) is 0 Å². The summed E-state index contributed by atoms with van der Waals surface area (Å²) in [5, 5.41) is 13.1. The molecule has 1 aromatic heterocycles. The van der Waals surface area contributed by atoms with Crippen LogP contribution in [0.4, 0.5) is 5.69 Å². The van der Waals surface area contributed by atoms with Gasteiger partial charge in [-0.3, -0.25) is 8.99 Å². The van der Waals surface area contributed by atoms with E-state index in [-0.39, 0.29) is 11.4 Å². The van der Waals surface area contributed by atoms with Gasteiger partial charge in [-0.25, -0.2) is 4.79 Å². The summed E-state index contributed by atoms with van der Waals surface area (Å²) in [6, 6.07) is 7.00. The Morgan fingerprint density at radius 2 is 2.05 bits per heavy atom. The van der Waals surface area contributed by atoms with Crippen molar-refractivity contribution in [2.24, 2.45) is 7.05 Å². The number of aliphatic carboxylic acids is 1. The minimum Gasteiger partial charge on any atom is -0.480 e. The van der Waals surface area contributed by atoms with Gasteiger partial charge >= 0.3 is 5.97 Å². The zero-order valence-electron chi connectivity index (χ0n) is 11.2. The Balaban J connectivity index is 2.16. The molecule has 1 N–H and O–H groups in total. The molecule has 21 heavy (non-hydrogen) atoms. The van der Waals surface area contributed by atoms with E-state index in [2.05, 4.69) is 5.10 Å². The van der Waals surface area contributed by atoms with Gasteiger partial charge in [0, 0.05) is 19.7 Å². The predicted octanol–water partition coefficient (Wildman–Crippen LogP) is 0.625. The molecular weight excluding hydrogens is 294 g/mol. The average molecular weight is 307 g/mol. The Morgan fingerprint density at radius 3 is 2.67 bits per heavy atom. The first-order chi connectivity index (χ1) is 9.91. The molecule has 0 aliphatic carbocycles. The molecule has 1 aromatic carbocycles. The third kappa shape index (κ3) is 2.07. The Morgan fingerprint density at radius 1 is 1.33 bits per heavy atom. The standard InChI is InChI=1S/C13H13N3O4S/c1-15-7-6-12(14-15)21(19,20)16-10-5-3-2-4-9(10)8-11(16)13(17)18/h2-7,11H,8H2,1H3,(H,17,18). The van der Waals surface area contributed by atoms with E-state index in [1.54, 1.807) is 31.3 Å². The van der Waals surface area contributed by atoms with Gasteiger partial charge in [-0.15, -0.1) is 0 Å². The maximum Gasteiger partial charge on any atom is 0.327 e. The van der Waals surface area contributed by atoms with Crippen molar-refractivity contribution in [2.45, 2.75) is 17.5 Å². The summed E-state index contributed by atoms with van der Waals surface area (Å²) in [6.45, 7) is 0. The smallest absolute Gasteiger partial charge is 0.327 e. The van der Waals surface area contributed by atoms with Crippen LogP contribution in [0, 0.1) is 0 Å². The second kappa shape index (κ2) is 4.59. The van der Waals surface area contributed by atoms with E-state index >= 15 is 0 Å². The van der Waals surface area contributed by atoms with E-state index in [0.29, 0.717) is 11.3 Å². The minimum absolute atomic E-state index is 0.150. The molecule has 110 valence electrons. The lowest BCUT2D eigenvalue weighted by Crippen LogP contribution is -2.42. The van der Waals surface area contributed by atoms with Crippen LogP contribution in [-0.2, 0) is 28.3 Å². The number of anilines is 1. The van der Waals surface area contributed by atoms with Gasteiger partial charge in [-0.1, -0.05) is 18.2 Å². The fourth-order valence-electron chi connectivity index (χ4n) is 2.47. The number of sulfonamides is 1. The first-order valence-electron chi connectivity index (χ1n) is 6.26. The lowest BCUT2D eigenvalue weighted by Gasteiger charge is -2.22. The van der Waals surface area contributed by atoms with Crippen LogP contribution in [0.3, 0.4) is 0 Å². The van der Waals surface area contributed by atoms with Crippen molar-refractivity contribution in [3.63, 3.8) is 0 Å². The van der Waals surface area contributed by atoms with Gasteiger partial charge in [0.2, 0.25) is 0 Å². The van der Waals surface area contributed by atoms with Crippen molar-refractivity contribution in [3.05, 3.63) is 42.1 Å². The molecule has 0 saturated heterocycles. The molecule has 0 fully saturated rings. The fourth-order valence-corrected chi connectivity index (χ4v) is 4.08. The molecule has 1 aliphatic heterocycles. The first-order valence-corrected chi connectivity index (χ1v) is 7.70. The zero-order valence-corrected chi connectivity index (χ0v) is 12.0. The maximum absolute atomic E-state index is 12.7. The van der Waals surface area contributed by atoms with E-state index in [0.717, 1.165) is 4.31 Å². The monoisotopic (exact) mass is 307 g/mol. The number of aryl methyl sites for hydroxylation is 1. The van der Waals surface area contributed by atoms with Gasteiger partial charge < -0.3 is 5.11 Å². The van der Waals surface area contributed by atoms with Crippen LogP contribution < -0.4 is 4.31 Å². The lowest BCUT2D eigenvalue weighted by atomic mass is 10.1. The van der Waals surface area contributed by atoms with E-state index in [1.807, 2.05) is 0 Å². The fraction of sp³-hybridized carbons (Fsp3) is 0.231. The summed E-state index contributed by atoms with van der Waals surface area (Å²) in [6.07, 6.45) is 1.65. The van der Waals surface area contributed by atoms with Gasteiger partial charge in [0.05, 0.1) is 5.69 Å². The molecule has 0 radical (unpaired) electrons. The number of carbonyl (C=O) groups is 1. The highest BCUT2D eigenvalue weighted by Crippen LogP contribution is 2.36. The first kappa shape index (κ1) is 13.6. The molecule has 0 spiro atoms. The molecule has 7 nitrogen and oxygen atoms in total. The number of benzene rings is 1. The van der Waals surface area contributed by atoms with Crippen molar-refractivity contribution in [2.75, 3.05) is 4.31 Å². The van der Waals surface area contributed by atoms with Crippen molar-refractivity contribution in [3.8, 4) is 0 Å². The number of rotatable bonds is 3. The third-order valence-electron chi connectivity index (χ3n) is 3.42. The third-order valence-corrected chi connectivity index (χ3v) is 5.14. The average Bonchev–Trinajstić information content (AvgIpc) is 3.02. The number of carboxylic acid groups (broad SMARTS) is 1. The Bertz CT molecular complexity index is 812. The van der Waals surface area contributed by atoms with Crippen LogP contribution >= 0.6 is 0 Å². The zero-order chi connectivity index (χ0) is 15.2. The van der Waals surface area contributed by atoms with E-state index < -0.39 is 22.0 Å². The lowest BCUT2D eigenvalue weighted by molar-refractivity contribution is -0.138. The maximum atomic E-state index is 12.7. The second-order valence-corrected chi connectivity index (χ2v) is 6.58. The van der Waals surface area contributed by atoms with Crippen molar-refractivity contribution < 1.29 is 18.3 Å². The van der Waals surface area contributed by atoms with Crippen LogP contribution in [0.15, 0.2) is 41.6 Å². The molecule has 1 atom stereocenters.